The van der Waals surface area contributed by atoms with Crippen LogP contribution >= 0.6 is 19.6 Å². The van der Waals surface area contributed by atoms with Gasteiger partial charge in [0, 0.05) is 18.4 Å². The van der Waals surface area contributed by atoms with E-state index in [-0.39, 0.29) is 12.2 Å². The molecular weight excluding hydrogens is 471 g/mol. The minimum atomic E-state index is -4.76. The lowest BCUT2D eigenvalue weighted by Gasteiger charge is -2.13. The second-order valence-electron chi connectivity index (χ2n) is 7.85. The molecule has 0 bridgehead atoms. The van der Waals surface area contributed by atoms with Gasteiger partial charge in [-0.2, -0.15) is 0 Å². The lowest BCUT2D eigenvalue weighted by Crippen LogP contribution is -2.30. The second-order valence-corrected chi connectivity index (χ2v) is 10.1. The summed E-state index contributed by atoms with van der Waals surface area (Å²) in [5.41, 5.74) is 6.13. The highest BCUT2D eigenvalue weighted by Crippen LogP contribution is 2.54. The van der Waals surface area contributed by atoms with Crippen molar-refractivity contribution in [3.8, 4) is 0 Å². The summed E-state index contributed by atoms with van der Waals surface area (Å²) < 4.78 is 21.0. The van der Waals surface area contributed by atoms with Crippen molar-refractivity contribution in [2.45, 2.75) is 68.9 Å². The Morgan fingerprint density at radius 3 is 2.79 bits per heavy atom. The Labute approximate surface area is 196 Å². The van der Waals surface area contributed by atoms with E-state index in [0.29, 0.717) is 22.1 Å². The fourth-order valence-electron chi connectivity index (χ4n) is 3.59. The number of anilines is 1. The highest BCUT2D eigenvalue weighted by molar-refractivity contribution is 7.99. The molecule has 5 N–H and O–H groups in total. The topological polar surface area (TPSA) is 177 Å². The third-order valence-corrected chi connectivity index (χ3v) is 6.75. The Hall–Kier alpha value is -1.66. The van der Waals surface area contributed by atoms with Gasteiger partial charge < -0.3 is 25.4 Å². The van der Waals surface area contributed by atoms with Crippen molar-refractivity contribution in [2.24, 2.45) is 4.99 Å². The predicted octanol–water partition coefficient (Wildman–Crippen LogP) is 2.42. The number of phosphoric ester groups is 1. The lowest BCUT2D eigenvalue weighted by molar-refractivity contribution is -0.127. The molecule has 2 heterocycles. The lowest BCUT2D eigenvalue weighted by atomic mass is 10.1. The van der Waals surface area contributed by atoms with Crippen molar-refractivity contribution >= 4 is 49.2 Å². The van der Waals surface area contributed by atoms with Gasteiger partial charge in [0.1, 0.15) is 17.9 Å². The van der Waals surface area contributed by atoms with Crippen LogP contribution in [-0.4, -0.2) is 67.0 Å². The number of aliphatic hydroxyl groups excluding tert-OH is 1. The van der Waals surface area contributed by atoms with Crippen LogP contribution in [0.2, 0.25) is 0 Å². The largest absolute Gasteiger partial charge is 0.469 e. The Balaban J connectivity index is 1.79. The first-order chi connectivity index (χ1) is 15.6. The third-order valence-electron chi connectivity index (χ3n) is 5.33. The minimum absolute atomic E-state index is 0.215. The van der Waals surface area contributed by atoms with E-state index in [2.05, 4.69) is 26.4 Å². The minimum Gasteiger partial charge on any atom is -0.382 e. The van der Waals surface area contributed by atoms with Gasteiger partial charge in [-0.15, -0.1) is 0 Å². The van der Waals surface area contributed by atoms with E-state index >= 15 is 0 Å². The van der Waals surface area contributed by atoms with E-state index in [1.807, 2.05) is 0 Å². The number of hydrogen-bond acceptors (Lipinski definition) is 10. The van der Waals surface area contributed by atoms with E-state index in [9.17, 15) is 14.5 Å². The van der Waals surface area contributed by atoms with Gasteiger partial charge in [0.05, 0.1) is 12.3 Å². The van der Waals surface area contributed by atoms with Gasteiger partial charge >= 0.3 is 7.82 Å². The smallest absolute Gasteiger partial charge is 0.382 e. The SMILES string of the molecule is CC=Nc1c(N)nc(SCCCCCC)nc1/C=C1\C[C@@]12O[C@H](COP(=O)(O)O)[C@@H](O)C2=O. The molecule has 2 fully saturated rings. The molecule has 0 amide bonds. The molecule has 33 heavy (non-hydrogen) atoms. The molecule has 1 aliphatic carbocycles. The maximum atomic E-state index is 12.6. The van der Waals surface area contributed by atoms with Crippen LogP contribution in [0.25, 0.3) is 6.08 Å². The maximum absolute atomic E-state index is 12.6. The van der Waals surface area contributed by atoms with Crippen molar-refractivity contribution < 1.29 is 33.5 Å². The van der Waals surface area contributed by atoms with Gasteiger partial charge in [-0.1, -0.05) is 37.9 Å². The average molecular weight is 501 g/mol. The van der Waals surface area contributed by atoms with Crippen molar-refractivity contribution in [3.63, 3.8) is 0 Å². The zero-order valence-electron chi connectivity index (χ0n) is 18.5. The number of carbonyl (C=O) groups excluding carboxylic acids is 1. The number of unbranched alkanes of at least 4 members (excludes halogenated alkanes) is 3. The van der Waals surface area contributed by atoms with Crippen LogP contribution in [-0.2, 0) is 18.6 Å². The highest BCUT2D eigenvalue weighted by Gasteiger charge is 2.65. The highest BCUT2D eigenvalue weighted by atomic mass is 32.2. The molecular formula is C20H29N4O7PS. The van der Waals surface area contributed by atoms with Crippen molar-refractivity contribution in [3.05, 3.63) is 11.3 Å². The van der Waals surface area contributed by atoms with Crippen LogP contribution in [0.5, 0.6) is 0 Å². The molecule has 0 radical (unpaired) electrons. The molecule has 0 aromatic carbocycles. The summed E-state index contributed by atoms with van der Waals surface area (Å²) in [6, 6.07) is 0. The first kappa shape index (κ1) is 26.0. The van der Waals surface area contributed by atoms with Crippen LogP contribution in [0.15, 0.2) is 15.7 Å². The summed E-state index contributed by atoms with van der Waals surface area (Å²) in [6.45, 7) is 3.27. The van der Waals surface area contributed by atoms with Gasteiger partial charge in [0.2, 0.25) is 0 Å². The van der Waals surface area contributed by atoms with E-state index in [1.165, 1.54) is 18.2 Å². The molecule has 0 unspecified atom stereocenters. The molecule has 2 aliphatic rings. The normalized spacial score (nSPS) is 26.2. The Morgan fingerprint density at radius 1 is 1.36 bits per heavy atom. The fraction of sp³-hybridized carbons (Fsp3) is 0.600. The van der Waals surface area contributed by atoms with Crippen LogP contribution in [0, 0.1) is 0 Å². The van der Waals surface area contributed by atoms with Gasteiger partial charge in [0.15, 0.2) is 22.4 Å². The monoisotopic (exact) mass is 500 g/mol. The summed E-state index contributed by atoms with van der Waals surface area (Å²) in [7, 11) is -4.76. The maximum Gasteiger partial charge on any atom is 0.469 e. The second kappa shape index (κ2) is 10.7. The first-order valence-corrected chi connectivity index (χ1v) is 13.2. The van der Waals surface area contributed by atoms with Gasteiger partial charge in [-0.25, -0.2) is 14.5 Å². The number of thioether (sulfide) groups is 1. The standard InChI is InChI=1S/C20H29N4O7PS/c1-3-5-6-7-8-33-19-23-13(15(22-4-2)18(21)24-19)9-12-10-20(12)17(26)16(25)14(31-20)11-30-32(27,28)29/h4,9,14,16,25H,3,5-8,10-11H2,1-2H3,(H2,21,23,24)(H2,27,28,29)/b12-9+,22-4?/t14-,16-,20-/m1/s1. The van der Waals surface area contributed by atoms with Gasteiger partial charge in [-0.05, 0) is 25.0 Å². The molecule has 1 saturated heterocycles. The molecule has 11 nitrogen and oxygen atoms in total. The third kappa shape index (κ3) is 6.27. The van der Waals surface area contributed by atoms with Crippen molar-refractivity contribution in [2.75, 3.05) is 18.1 Å². The van der Waals surface area contributed by atoms with E-state index in [0.717, 1.165) is 25.0 Å². The molecule has 1 spiro atoms. The molecule has 1 aliphatic heterocycles. The molecule has 13 heteroatoms. The summed E-state index contributed by atoms with van der Waals surface area (Å²) in [6.07, 6.45) is 5.18. The quantitative estimate of drug-likeness (QED) is 0.115. The molecule has 182 valence electrons. The summed E-state index contributed by atoms with van der Waals surface area (Å²) in [5, 5.41) is 10.7. The Morgan fingerprint density at radius 2 is 2.12 bits per heavy atom. The number of Topliss-reactive ketones (excluding diaryl/α,β-unsaturated/α-hetero) is 1. The van der Waals surface area contributed by atoms with Crippen LogP contribution in [0.4, 0.5) is 11.5 Å². The molecule has 3 rings (SSSR count). The van der Waals surface area contributed by atoms with Crippen LogP contribution < -0.4 is 5.73 Å². The van der Waals surface area contributed by atoms with Crippen LogP contribution in [0.1, 0.15) is 51.6 Å². The predicted molar refractivity (Wildman–Crippen MR) is 124 cm³/mol. The van der Waals surface area contributed by atoms with Crippen molar-refractivity contribution in [1.29, 1.82) is 0 Å². The average Bonchev–Trinajstić information content (AvgIpc) is 3.38. The number of aliphatic imine (C=N–C) groups is 1. The van der Waals surface area contributed by atoms with E-state index in [4.69, 9.17) is 20.3 Å². The van der Waals surface area contributed by atoms with E-state index in [1.54, 1.807) is 19.2 Å². The Kier molecular flexibility index (Phi) is 8.44. The fourth-order valence-corrected chi connectivity index (χ4v) is 4.79. The molecule has 1 aromatic rings. The van der Waals surface area contributed by atoms with Crippen molar-refractivity contribution in [1.82, 2.24) is 9.97 Å². The number of aromatic nitrogens is 2. The number of ketones is 1. The number of hydrogen-bond donors (Lipinski definition) is 4. The summed E-state index contributed by atoms with van der Waals surface area (Å²) in [5.74, 6) is 0.485. The zero-order valence-corrected chi connectivity index (χ0v) is 20.2. The summed E-state index contributed by atoms with van der Waals surface area (Å²) in [4.78, 5) is 43.5. The Bertz CT molecular complexity index is 999. The zero-order chi connectivity index (χ0) is 24.2. The number of nitrogen functional groups attached to an aromatic ring is 1. The number of ether oxygens (including phenoxy) is 1. The number of phosphoric acid groups is 1. The number of rotatable bonds is 11. The van der Waals surface area contributed by atoms with Crippen LogP contribution in [0.3, 0.4) is 0 Å². The van der Waals surface area contributed by atoms with Gasteiger partial charge in [-0.3, -0.25) is 14.3 Å². The summed E-state index contributed by atoms with van der Waals surface area (Å²) >= 11 is 1.50. The number of carbonyl (C=O) groups is 1. The molecule has 1 saturated carbocycles. The molecule has 1 aromatic heterocycles. The van der Waals surface area contributed by atoms with E-state index < -0.39 is 38.0 Å². The number of aliphatic hydroxyl groups is 1. The number of nitrogens with two attached hydrogens (primary N) is 1. The first-order valence-electron chi connectivity index (χ1n) is 10.7. The van der Waals surface area contributed by atoms with Gasteiger partial charge in [0.25, 0.3) is 0 Å². The number of nitrogens with zero attached hydrogens (tertiary/aromatic N) is 3. The molecule has 3 atom stereocenters.